The van der Waals surface area contributed by atoms with E-state index in [0.717, 1.165) is 0 Å². The van der Waals surface area contributed by atoms with Gasteiger partial charge in [-0.1, -0.05) is 75.6 Å². The Bertz CT molecular complexity index is 370. The van der Waals surface area contributed by atoms with Gasteiger partial charge in [0.2, 0.25) is 0 Å². The summed E-state index contributed by atoms with van der Waals surface area (Å²) in [6.07, 6.45) is 15.4. The van der Waals surface area contributed by atoms with Crippen LogP contribution in [0.4, 0.5) is 0 Å². The second-order valence-electron chi connectivity index (χ2n) is 7.02. The smallest absolute Gasteiger partial charge is 0.00248 e. The van der Waals surface area contributed by atoms with Gasteiger partial charge in [0.1, 0.15) is 0 Å². The average Bonchev–Trinajstić information content (AvgIpc) is 2.49. The lowest BCUT2D eigenvalue weighted by atomic mass is 10.0. The maximum atomic E-state index is 2.29. The van der Waals surface area contributed by atoms with Gasteiger partial charge in [-0.3, -0.25) is 0 Å². The maximum Gasteiger partial charge on any atom is -0.00248 e. The number of aryl methyl sites for hydroxylation is 2. The molecule has 0 fully saturated rings. The van der Waals surface area contributed by atoms with E-state index < -0.39 is 0 Å². The Morgan fingerprint density at radius 2 is 1.18 bits per heavy atom. The van der Waals surface area contributed by atoms with Gasteiger partial charge in [-0.05, 0) is 58.0 Å². The Kier molecular flexibility index (Phi) is 11.1. The fraction of sp³-hybridized carbons (Fsp3) is 0.714. The first-order chi connectivity index (χ1) is 10.7. The van der Waals surface area contributed by atoms with E-state index in [0.29, 0.717) is 0 Å². The Labute approximate surface area is 139 Å². The lowest BCUT2D eigenvalue weighted by molar-refractivity contribution is 0.389. The molecule has 126 valence electrons. The molecule has 0 unspecified atom stereocenters. The van der Waals surface area contributed by atoms with Gasteiger partial charge in [0.15, 0.2) is 0 Å². The van der Waals surface area contributed by atoms with E-state index in [-0.39, 0.29) is 0 Å². The second kappa shape index (κ2) is 12.7. The molecule has 0 spiro atoms. The molecule has 0 saturated heterocycles. The molecule has 1 aromatic carbocycles. The molecule has 0 aliphatic carbocycles. The van der Waals surface area contributed by atoms with Crippen LogP contribution in [-0.4, -0.2) is 25.5 Å². The number of unbranched alkanes of at least 4 members (excludes halogenated alkanes) is 9. The Hall–Kier alpha value is -0.820. The third kappa shape index (κ3) is 10.00. The highest BCUT2D eigenvalue weighted by molar-refractivity contribution is 5.25. The van der Waals surface area contributed by atoms with Gasteiger partial charge in [-0.25, -0.2) is 0 Å². The van der Waals surface area contributed by atoms with Gasteiger partial charge < -0.3 is 4.90 Å². The van der Waals surface area contributed by atoms with Crippen molar-refractivity contribution in [3.05, 3.63) is 35.4 Å². The lowest BCUT2D eigenvalue weighted by Gasteiger charge is -2.08. The van der Waals surface area contributed by atoms with Crippen LogP contribution < -0.4 is 0 Å². The monoisotopic (exact) mass is 303 g/mol. The highest BCUT2D eigenvalue weighted by Crippen LogP contribution is 2.14. The summed E-state index contributed by atoms with van der Waals surface area (Å²) in [6.45, 7) is 3.48. The molecule has 22 heavy (non-hydrogen) atoms. The van der Waals surface area contributed by atoms with Gasteiger partial charge in [-0.15, -0.1) is 0 Å². The van der Waals surface area contributed by atoms with Crippen molar-refractivity contribution in [3.8, 4) is 0 Å². The van der Waals surface area contributed by atoms with Crippen LogP contribution in [0.15, 0.2) is 24.3 Å². The van der Waals surface area contributed by atoms with Crippen LogP contribution in [0, 0.1) is 6.92 Å². The summed E-state index contributed by atoms with van der Waals surface area (Å²) >= 11 is 0. The molecule has 1 heteroatoms. The fourth-order valence-electron chi connectivity index (χ4n) is 3.05. The minimum atomic E-state index is 1.25. The van der Waals surface area contributed by atoms with Crippen LogP contribution in [0.5, 0.6) is 0 Å². The SMILES string of the molecule is Cc1ccccc1CCCCCCCCCCCCN(C)C. The third-order valence-electron chi connectivity index (χ3n) is 4.56. The highest BCUT2D eigenvalue weighted by Gasteiger charge is 1.97. The van der Waals surface area contributed by atoms with Gasteiger partial charge in [0.05, 0.1) is 0 Å². The summed E-state index contributed by atoms with van der Waals surface area (Å²) in [5.74, 6) is 0. The molecule has 0 N–H and O–H groups in total. The van der Waals surface area contributed by atoms with E-state index in [1.165, 1.54) is 82.7 Å². The van der Waals surface area contributed by atoms with Crippen LogP contribution in [0.2, 0.25) is 0 Å². The predicted octanol–water partition coefficient (Wildman–Crippen LogP) is 6.00. The molecule has 0 aromatic heterocycles. The van der Waals surface area contributed by atoms with Crippen molar-refractivity contribution in [1.29, 1.82) is 0 Å². The molecule has 0 heterocycles. The minimum Gasteiger partial charge on any atom is -0.309 e. The predicted molar refractivity (Wildman–Crippen MR) is 99.6 cm³/mol. The summed E-state index contributed by atoms with van der Waals surface area (Å²) in [7, 11) is 4.33. The zero-order valence-corrected chi connectivity index (χ0v) is 15.2. The maximum absolute atomic E-state index is 2.29. The molecule has 1 aromatic rings. The van der Waals surface area contributed by atoms with Crippen molar-refractivity contribution in [1.82, 2.24) is 4.90 Å². The van der Waals surface area contributed by atoms with Crippen molar-refractivity contribution >= 4 is 0 Å². The molecule has 0 aliphatic heterocycles. The standard InChI is InChI=1S/C21H37N/c1-20-16-13-14-18-21(20)17-12-10-8-6-4-5-7-9-11-15-19-22(2)3/h13-14,16,18H,4-12,15,17,19H2,1-3H3. The van der Waals surface area contributed by atoms with E-state index in [4.69, 9.17) is 0 Å². The molecule has 0 atom stereocenters. The molecule has 0 radical (unpaired) electrons. The minimum absolute atomic E-state index is 1.25. The van der Waals surface area contributed by atoms with Crippen LogP contribution in [0.1, 0.15) is 75.3 Å². The van der Waals surface area contributed by atoms with Crippen LogP contribution in [-0.2, 0) is 6.42 Å². The topological polar surface area (TPSA) is 3.24 Å². The van der Waals surface area contributed by atoms with E-state index in [1.807, 2.05) is 0 Å². The zero-order chi connectivity index (χ0) is 16.0. The normalized spacial score (nSPS) is 11.3. The summed E-state index contributed by atoms with van der Waals surface area (Å²) in [4.78, 5) is 2.29. The molecule has 1 nitrogen and oxygen atoms in total. The number of hydrogen-bond acceptors (Lipinski definition) is 1. The van der Waals surface area contributed by atoms with Crippen LogP contribution >= 0.6 is 0 Å². The van der Waals surface area contributed by atoms with E-state index >= 15 is 0 Å². The third-order valence-corrected chi connectivity index (χ3v) is 4.56. The van der Waals surface area contributed by atoms with Crippen molar-refractivity contribution in [3.63, 3.8) is 0 Å². The van der Waals surface area contributed by atoms with Crippen molar-refractivity contribution in [2.45, 2.75) is 77.6 Å². The zero-order valence-electron chi connectivity index (χ0n) is 15.2. The van der Waals surface area contributed by atoms with Crippen molar-refractivity contribution in [2.75, 3.05) is 20.6 Å². The van der Waals surface area contributed by atoms with Gasteiger partial charge in [0, 0.05) is 0 Å². The van der Waals surface area contributed by atoms with Gasteiger partial charge >= 0.3 is 0 Å². The van der Waals surface area contributed by atoms with Crippen LogP contribution in [0.25, 0.3) is 0 Å². The second-order valence-corrected chi connectivity index (χ2v) is 7.02. The Morgan fingerprint density at radius 3 is 1.73 bits per heavy atom. The number of rotatable bonds is 13. The molecule has 0 aliphatic rings. The first kappa shape index (κ1) is 19.2. The van der Waals surface area contributed by atoms with E-state index in [1.54, 1.807) is 5.56 Å². The van der Waals surface area contributed by atoms with Gasteiger partial charge in [0.25, 0.3) is 0 Å². The average molecular weight is 304 g/mol. The summed E-state index contributed by atoms with van der Waals surface area (Å²) in [5, 5.41) is 0. The molecule has 1 rings (SSSR count). The van der Waals surface area contributed by atoms with E-state index in [2.05, 4.69) is 50.2 Å². The quantitative estimate of drug-likeness (QED) is 0.404. The van der Waals surface area contributed by atoms with E-state index in [9.17, 15) is 0 Å². The molecule has 0 amide bonds. The van der Waals surface area contributed by atoms with Crippen molar-refractivity contribution in [2.24, 2.45) is 0 Å². The molecule has 0 bridgehead atoms. The molecule has 0 saturated carbocycles. The first-order valence-corrected chi connectivity index (χ1v) is 9.39. The molecular weight excluding hydrogens is 266 g/mol. The van der Waals surface area contributed by atoms with Crippen LogP contribution in [0.3, 0.4) is 0 Å². The summed E-state index contributed by atoms with van der Waals surface area (Å²) in [5.41, 5.74) is 3.00. The summed E-state index contributed by atoms with van der Waals surface area (Å²) in [6, 6.07) is 8.82. The van der Waals surface area contributed by atoms with Gasteiger partial charge in [-0.2, -0.15) is 0 Å². The Balaban J connectivity index is 1.83. The molecular formula is C21H37N. The summed E-state index contributed by atoms with van der Waals surface area (Å²) < 4.78 is 0. The van der Waals surface area contributed by atoms with Crippen molar-refractivity contribution < 1.29 is 0 Å². The first-order valence-electron chi connectivity index (χ1n) is 9.39. The largest absolute Gasteiger partial charge is 0.309 e. The lowest BCUT2D eigenvalue weighted by Crippen LogP contribution is -2.12. The fourth-order valence-corrected chi connectivity index (χ4v) is 3.05. The number of benzene rings is 1. The number of hydrogen-bond donors (Lipinski definition) is 0. The highest BCUT2D eigenvalue weighted by atomic mass is 15.0. The Morgan fingerprint density at radius 1 is 0.682 bits per heavy atom. The number of nitrogens with zero attached hydrogens (tertiary/aromatic N) is 1.